The number of primary amides is 2. The van der Waals surface area contributed by atoms with Crippen molar-refractivity contribution < 1.29 is 4.79 Å². The van der Waals surface area contributed by atoms with E-state index < -0.39 is 6.03 Å². The van der Waals surface area contributed by atoms with E-state index >= 15 is 0 Å². The van der Waals surface area contributed by atoms with Crippen LogP contribution in [0.2, 0.25) is 0 Å². The van der Waals surface area contributed by atoms with Gasteiger partial charge in [0.1, 0.15) is 0 Å². The van der Waals surface area contributed by atoms with Gasteiger partial charge in [-0.15, -0.1) is 0 Å². The molecule has 0 aliphatic rings. The van der Waals surface area contributed by atoms with Gasteiger partial charge in [-0.1, -0.05) is 36.4 Å². The molecule has 0 saturated carbocycles. The minimum absolute atomic E-state index is 0.833. The monoisotopic (exact) mass is 229 g/mol. The Kier molecular flexibility index (Phi) is 5.10. The quantitative estimate of drug-likeness (QED) is 0.739. The molecule has 0 fully saturated rings. The van der Waals surface area contributed by atoms with Crippen molar-refractivity contribution in [1.29, 1.82) is 0 Å². The van der Waals surface area contributed by atoms with E-state index in [1.54, 1.807) is 0 Å². The van der Waals surface area contributed by atoms with E-state index in [0.29, 0.717) is 0 Å². The smallest absolute Gasteiger partial charge is 0.309 e. The molecular formula is C13H15N3O. The van der Waals surface area contributed by atoms with E-state index in [4.69, 9.17) is 4.79 Å². The Balaban J connectivity index is 0.000000317. The molecule has 0 saturated heterocycles. The van der Waals surface area contributed by atoms with E-state index in [1.807, 2.05) is 60.7 Å². The van der Waals surface area contributed by atoms with E-state index in [-0.39, 0.29) is 0 Å². The molecule has 0 unspecified atom stereocenters. The highest BCUT2D eigenvalue weighted by molar-refractivity contribution is 5.69. The van der Waals surface area contributed by atoms with Crippen molar-refractivity contribution in [3.05, 3.63) is 60.7 Å². The first-order valence-corrected chi connectivity index (χ1v) is 5.10. The minimum atomic E-state index is -0.833. The molecule has 0 aliphatic heterocycles. The van der Waals surface area contributed by atoms with E-state index in [2.05, 4.69) is 16.8 Å². The number of benzene rings is 2. The molecule has 0 spiro atoms. The first-order chi connectivity index (χ1) is 8.18. The van der Waals surface area contributed by atoms with Crippen LogP contribution in [0.1, 0.15) is 0 Å². The van der Waals surface area contributed by atoms with Gasteiger partial charge in [-0.3, -0.25) is 0 Å². The van der Waals surface area contributed by atoms with Gasteiger partial charge in [0.2, 0.25) is 0 Å². The fraction of sp³-hybridized carbons (Fsp3) is 0. The molecule has 2 amide bonds. The largest absolute Gasteiger partial charge is 0.356 e. The van der Waals surface area contributed by atoms with Crippen LogP contribution in [-0.2, 0) is 0 Å². The number of rotatable bonds is 2. The van der Waals surface area contributed by atoms with Crippen LogP contribution in [0.4, 0.5) is 16.2 Å². The van der Waals surface area contributed by atoms with E-state index in [0.717, 1.165) is 11.4 Å². The van der Waals surface area contributed by atoms with E-state index in [1.165, 1.54) is 0 Å². The fourth-order valence-corrected chi connectivity index (χ4v) is 1.21. The zero-order chi connectivity index (χ0) is 12.5. The highest BCUT2D eigenvalue weighted by Gasteiger charge is 1.89. The third-order valence-corrected chi connectivity index (χ3v) is 1.84. The Morgan fingerprint density at radius 1 is 0.765 bits per heavy atom. The van der Waals surface area contributed by atoms with Crippen molar-refractivity contribution in [3.63, 3.8) is 0 Å². The average molecular weight is 229 g/mol. The van der Waals surface area contributed by atoms with Crippen LogP contribution in [0.3, 0.4) is 0 Å². The topological polar surface area (TPSA) is 81.1 Å². The van der Waals surface area contributed by atoms with Gasteiger partial charge in [-0.25, -0.2) is 4.79 Å². The van der Waals surface area contributed by atoms with Gasteiger partial charge < -0.3 is 16.8 Å². The van der Waals surface area contributed by atoms with Crippen LogP contribution in [-0.4, -0.2) is 6.03 Å². The van der Waals surface area contributed by atoms with Gasteiger partial charge in [0.15, 0.2) is 0 Å². The normalized spacial score (nSPS) is 8.71. The maximum Gasteiger partial charge on any atom is 0.309 e. The summed E-state index contributed by atoms with van der Waals surface area (Å²) in [5, 5.41) is 3.30. The molecule has 0 radical (unpaired) electrons. The molecule has 4 heteroatoms. The van der Waals surface area contributed by atoms with Crippen molar-refractivity contribution in [3.8, 4) is 0 Å². The van der Waals surface area contributed by atoms with Crippen LogP contribution in [0.5, 0.6) is 0 Å². The zero-order valence-electron chi connectivity index (χ0n) is 9.34. The SMILES string of the molecule is NC(N)=O.c1ccc(Nc2ccccc2)cc1. The molecule has 2 aromatic rings. The van der Waals surface area contributed by atoms with Gasteiger partial charge in [0, 0.05) is 11.4 Å². The number of urea groups is 1. The summed E-state index contributed by atoms with van der Waals surface area (Å²) < 4.78 is 0. The predicted octanol–water partition coefficient (Wildman–Crippen LogP) is 2.45. The lowest BCUT2D eigenvalue weighted by atomic mass is 10.3. The average Bonchev–Trinajstić information content (AvgIpc) is 2.31. The molecule has 0 aromatic heterocycles. The van der Waals surface area contributed by atoms with Gasteiger partial charge in [-0.2, -0.15) is 0 Å². The van der Waals surface area contributed by atoms with Gasteiger partial charge in [0.05, 0.1) is 0 Å². The Hall–Kier alpha value is -2.49. The number of amides is 2. The third-order valence-electron chi connectivity index (χ3n) is 1.84. The summed E-state index contributed by atoms with van der Waals surface area (Å²) in [5.74, 6) is 0. The summed E-state index contributed by atoms with van der Waals surface area (Å²) >= 11 is 0. The lowest BCUT2D eigenvalue weighted by molar-refractivity contribution is 0.256. The van der Waals surface area contributed by atoms with Crippen molar-refractivity contribution in [2.24, 2.45) is 11.5 Å². The lowest BCUT2D eigenvalue weighted by Gasteiger charge is -2.04. The molecular weight excluding hydrogens is 214 g/mol. The van der Waals surface area contributed by atoms with Crippen LogP contribution in [0.25, 0.3) is 0 Å². The molecule has 0 bridgehead atoms. The summed E-state index contributed by atoms with van der Waals surface area (Å²) in [6, 6.07) is 19.5. The molecule has 17 heavy (non-hydrogen) atoms. The summed E-state index contributed by atoms with van der Waals surface area (Å²) in [6.07, 6.45) is 0. The number of nitrogens with two attached hydrogens (primary N) is 2. The second-order valence-electron chi connectivity index (χ2n) is 3.26. The van der Waals surface area contributed by atoms with Crippen molar-refractivity contribution >= 4 is 17.4 Å². The predicted molar refractivity (Wildman–Crippen MR) is 69.9 cm³/mol. The van der Waals surface area contributed by atoms with E-state index in [9.17, 15) is 0 Å². The molecule has 88 valence electrons. The number of nitrogens with one attached hydrogen (secondary N) is 1. The number of para-hydroxylation sites is 2. The highest BCUT2D eigenvalue weighted by Crippen LogP contribution is 2.14. The Morgan fingerprint density at radius 3 is 1.35 bits per heavy atom. The van der Waals surface area contributed by atoms with Crippen LogP contribution < -0.4 is 16.8 Å². The molecule has 0 atom stereocenters. The summed E-state index contributed by atoms with van der Waals surface area (Å²) in [6.45, 7) is 0. The number of anilines is 2. The van der Waals surface area contributed by atoms with Gasteiger partial charge in [-0.05, 0) is 24.3 Å². The second kappa shape index (κ2) is 6.90. The highest BCUT2D eigenvalue weighted by atomic mass is 16.2. The maximum absolute atomic E-state index is 9.00. The minimum Gasteiger partial charge on any atom is -0.356 e. The van der Waals surface area contributed by atoms with Crippen LogP contribution >= 0.6 is 0 Å². The lowest BCUT2D eigenvalue weighted by Crippen LogP contribution is -2.18. The molecule has 0 aliphatic carbocycles. The molecule has 0 heterocycles. The van der Waals surface area contributed by atoms with Crippen LogP contribution in [0, 0.1) is 0 Å². The number of carbonyl (C=O) groups is 1. The summed E-state index contributed by atoms with van der Waals surface area (Å²) in [4.78, 5) is 9.00. The van der Waals surface area contributed by atoms with Crippen molar-refractivity contribution in [2.45, 2.75) is 0 Å². The number of carbonyl (C=O) groups excluding carboxylic acids is 1. The van der Waals surface area contributed by atoms with Crippen molar-refractivity contribution in [2.75, 3.05) is 5.32 Å². The first-order valence-electron chi connectivity index (χ1n) is 5.10. The Morgan fingerprint density at radius 2 is 1.06 bits per heavy atom. The summed E-state index contributed by atoms with van der Waals surface area (Å²) in [7, 11) is 0. The molecule has 4 nitrogen and oxygen atoms in total. The standard InChI is InChI=1S/C12H11N.CH4N2O/c1-3-7-11(8-4-1)13-12-9-5-2-6-10-12;2-1(3)4/h1-10,13H;(H4,2,3,4). The maximum atomic E-state index is 9.00. The third kappa shape index (κ3) is 5.84. The summed E-state index contributed by atoms with van der Waals surface area (Å²) in [5.41, 5.74) is 10.7. The van der Waals surface area contributed by atoms with Crippen molar-refractivity contribution in [1.82, 2.24) is 0 Å². The zero-order valence-corrected chi connectivity index (χ0v) is 9.34. The number of hydrogen-bond acceptors (Lipinski definition) is 2. The molecule has 2 rings (SSSR count). The molecule has 2 aromatic carbocycles. The Labute approximate surface area is 100 Å². The number of hydrogen-bond donors (Lipinski definition) is 3. The van der Waals surface area contributed by atoms with Gasteiger partial charge in [0.25, 0.3) is 0 Å². The molecule has 5 N–H and O–H groups in total. The van der Waals surface area contributed by atoms with Crippen LogP contribution in [0.15, 0.2) is 60.7 Å². The Bertz CT molecular complexity index is 401. The fourth-order valence-electron chi connectivity index (χ4n) is 1.21. The van der Waals surface area contributed by atoms with Gasteiger partial charge >= 0.3 is 6.03 Å². The first kappa shape index (κ1) is 12.6. The second-order valence-corrected chi connectivity index (χ2v) is 3.26.